The number of hydrogen-bond donors (Lipinski definition) is 0. The standard InChI is InChI=1S/C16H26N4O2/c1-4-22-10-14(21)19-7-8-20-16(13(19)9-11(2)3)17-15(18-20)12-5-6-12/h11-13H,4-10H2,1-3H3/t13-/m0/s1. The molecule has 0 N–H and O–H groups in total. The van der Waals surface area contributed by atoms with Gasteiger partial charge in [-0.1, -0.05) is 13.8 Å². The minimum Gasteiger partial charge on any atom is -0.372 e. The fourth-order valence-electron chi connectivity index (χ4n) is 3.05. The zero-order valence-electron chi connectivity index (χ0n) is 13.8. The maximum Gasteiger partial charge on any atom is 0.249 e. The van der Waals surface area contributed by atoms with E-state index in [9.17, 15) is 4.79 Å². The van der Waals surface area contributed by atoms with Crippen molar-refractivity contribution in [2.75, 3.05) is 19.8 Å². The van der Waals surface area contributed by atoms with Gasteiger partial charge < -0.3 is 9.64 Å². The first-order chi connectivity index (χ1) is 10.6. The summed E-state index contributed by atoms with van der Waals surface area (Å²) in [5.41, 5.74) is 0. The molecule has 1 fully saturated rings. The van der Waals surface area contributed by atoms with Crippen molar-refractivity contribution >= 4 is 5.91 Å². The molecule has 0 saturated heterocycles. The Morgan fingerprint density at radius 2 is 2.14 bits per heavy atom. The predicted octanol–water partition coefficient (Wildman–Crippen LogP) is 2.12. The Morgan fingerprint density at radius 3 is 2.77 bits per heavy atom. The Bertz CT molecular complexity index is 536. The van der Waals surface area contributed by atoms with Crippen molar-refractivity contribution in [2.24, 2.45) is 5.92 Å². The fourth-order valence-corrected chi connectivity index (χ4v) is 3.05. The van der Waals surface area contributed by atoms with Crippen LogP contribution in [-0.2, 0) is 16.1 Å². The fraction of sp³-hybridized carbons (Fsp3) is 0.812. The SMILES string of the molecule is CCOCC(=O)N1CCn2nc(C3CC3)nc2[C@@H]1CC(C)C. The van der Waals surface area contributed by atoms with Gasteiger partial charge in [-0.2, -0.15) is 5.10 Å². The van der Waals surface area contributed by atoms with Crippen molar-refractivity contribution in [1.29, 1.82) is 0 Å². The van der Waals surface area contributed by atoms with Gasteiger partial charge in [0.2, 0.25) is 5.91 Å². The van der Waals surface area contributed by atoms with Gasteiger partial charge in [0.25, 0.3) is 0 Å². The molecule has 22 heavy (non-hydrogen) atoms. The number of aromatic nitrogens is 3. The number of ether oxygens (including phenoxy) is 1. The third-order valence-corrected chi connectivity index (χ3v) is 4.33. The number of fused-ring (bicyclic) bond motifs is 1. The highest BCUT2D eigenvalue weighted by Gasteiger charge is 2.36. The molecule has 6 heteroatoms. The summed E-state index contributed by atoms with van der Waals surface area (Å²) in [4.78, 5) is 19.2. The van der Waals surface area contributed by atoms with Crippen LogP contribution in [0.15, 0.2) is 0 Å². The zero-order valence-corrected chi connectivity index (χ0v) is 13.8. The van der Waals surface area contributed by atoms with Gasteiger partial charge in [-0.25, -0.2) is 9.67 Å². The van der Waals surface area contributed by atoms with Crippen LogP contribution in [0.1, 0.15) is 63.6 Å². The molecule has 1 amide bonds. The van der Waals surface area contributed by atoms with Gasteiger partial charge in [-0.05, 0) is 32.1 Å². The van der Waals surface area contributed by atoms with Crippen LogP contribution in [0.2, 0.25) is 0 Å². The van der Waals surface area contributed by atoms with Gasteiger partial charge >= 0.3 is 0 Å². The molecule has 122 valence electrons. The summed E-state index contributed by atoms with van der Waals surface area (Å²) < 4.78 is 7.33. The van der Waals surface area contributed by atoms with Gasteiger partial charge in [0, 0.05) is 19.1 Å². The molecule has 0 spiro atoms. The molecule has 2 aliphatic rings. The quantitative estimate of drug-likeness (QED) is 0.808. The largest absolute Gasteiger partial charge is 0.372 e. The van der Waals surface area contributed by atoms with Crippen LogP contribution in [-0.4, -0.2) is 45.3 Å². The van der Waals surface area contributed by atoms with Crippen LogP contribution in [0.25, 0.3) is 0 Å². The lowest BCUT2D eigenvalue weighted by atomic mass is 10.00. The van der Waals surface area contributed by atoms with Crippen molar-refractivity contribution in [3.8, 4) is 0 Å². The molecule has 1 aromatic heterocycles. The maximum atomic E-state index is 12.5. The topological polar surface area (TPSA) is 60.2 Å². The van der Waals surface area contributed by atoms with E-state index in [-0.39, 0.29) is 18.6 Å². The van der Waals surface area contributed by atoms with Gasteiger partial charge in [-0.15, -0.1) is 0 Å². The Kier molecular flexibility index (Phi) is 4.47. The van der Waals surface area contributed by atoms with E-state index >= 15 is 0 Å². The Labute approximate surface area is 131 Å². The average molecular weight is 306 g/mol. The number of rotatable bonds is 6. The number of carbonyl (C=O) groups is 1. The zero-order chi connectivity index (χ0) is 15.7. The molecular formula is C16H26N4O2. The third kappa shape index (κ3) is 3.16. The summed E-state index contributed by atoms with van der Waals surface area (Å²) in [5, 5.41) is 4.66. The molecule has 1 aliphatic heterocycles. The molecule has 1 saturated carbocycles. The molecule has 0 radical (unpaired) electrons. The van der Waals surface area contributed by atoms with E-state index < -0.39 is 0 Å². The van der Waals surface area contributed by atoms with E-state index in [2.05, 4.69) is 18.9 Å². The van der Waals surface area contributed by atoms with Crippen LogP contribution in [0.3, 0.4) is 0 Å². The van der Waals surface area contributed by atoms with Crippen molar-refractivity contribution in [1.82, 2.24) is 19.7 Å². The molecule has 0 aromatic carbocycles. The Morgan fingerprint density at radius 1 is 1.36 bits per heavy atom. The second kappa shape index (κ2) is 6.36. The smallest absolute Gasteiger partial charge is 0.249 e. The van der Waals surface area contributed by atoms with Gasteiger partial charge in [0.1, 0.15) is 12.4 Å². The van der Waals surface area contributed by atoms with Crippen LogP contribution >= 0.6 is 0 Å². The van der Waals surface area contributed by atoms with Crippen molar-refractivity contribution in [2.45, 2.75) is 58.5 Å². The lowest BCUT2D eigenvalue weighted by molar-refractivity contribution is -0.140. The van der Waals surface area contributed by atoms with Gasteiger partial charge in [0.15, 0.2) is 5.82 Å². The maximum absolute atomic E-state index is 12.5. The van der Waals surface area contributed by atoms with E-state index in [4.69, 9.17) is 9.72 Å². The van der Waals surface area contributed by atoms with Crippen molar-refractivity contribution < 1.29 is 9.53 Å². The number of hydrogen-bond acceptors (Lipinski definition) is 4. The second-order valence-electron chi connectivity index (χ2n) is 6.70. The number of nitrogens with zero attached hydrogens (tertiary/aromatic N) is 4. The number of amides is 1. The predicted molar refractivity (Wildman–Crippen MR) is 82.4 cm³/mol. The highest BCUT2D eigenvalue weighted by Crippen LogP contribution is 2.40. The second-order valence-corrected chi connectivity index (χ2v) is 6.70. The molecule has 0 bridgehead atoms. The molecule has 6 nitrogen and oxygen atoms in total. The molecule has 1 aliphatic carbocycles. The van der Waals surface area contributed by atoms with Crippen molar-refractivity contribution in [3.05, 3.63) is 11.6 Å². The molecule has 1 atom stereocenters. The van der Waals surface area contributed by atoms with E-state index in [1.165, 1.54) is 12.8 Å². The summed E-state index contributed by atoms with van der Waals surface area (Å²) in [6, 6.07) is 0.0294. The van der Waals surface area contributed by atoms with E-state index in [1.807, 2.05) is 16.5 Å². The Hall–Kier alpha value is -1.43. The minimum atomic E-state index is 0.0294. The first-order valence-electron chi connectivity index (χ1n) is 8.42. The van der Waals surface area contributed by atoms with Crippen LogP contribution in [0, 0.1) is 5.92 Å². The van der Waals surface area contributed by atoms with Crippen molar-refractivity contribution in [3.63, 3.8) is 0 Å². The molecule has 3 rings (SSSR count). The minimum absolute atomic E-state index is 0.0294. The molecular weight excluding hydrogens is 280 g/mol. The highest BCUT2D eigenvalue weighted by molar-refractivity contribution is 5.78. The average Bonchev–Trinajstić information content (AvgIpc) is 3.24. The van der Waals surface area contributed by atoms with E-state index in [0.717, 1.165) is 24.6 Å². The summed E-state index contributed by atoms with van der Waals surface area (Å²) in [5.74, 6) is 3.05. The summed E-state index contributed by atoms with van der Waals surface area (Å²) in [7, 11) is 0. The molecule has 0 unspecified atom stereocenters. The Balaban J connectivity index is 1.83. The summed E-state index contributed by atoms with van der Waals surface area (Å²) in [6.45, 7) is 8.44. The summed E-state index contributed by atoms with van der Waals surface area (Å²) in [6.07, 6.45) is 3.32. The van der Waals surface area contributed by atoms with Crippen LogP contribution in [0.4, 0.5) is 0 Å². The van der Waals surface area contributed by atoms with Gasteiger partial charge in [-0.3, -0.25) is 4.79 Å². The lowest BCUT2D eigenvalue weighted by Gasteiger charge is -2.36. The van der Waals surface area contributed by atoms with Crippen LogP contribution < -0.4 is 0 Å². The van der Waals surface area contributed by atoms with Gasteiger partial charge in [0.05, 0.1) is 12.6 Å². The van der Waals surface area contributed by atoms with Crippen LogP contribution in [0.5, 0.6) is 0 Å². The normalized spacial score (nSPS) is 21.3. The molecule has 1 aromatic rings. The monoisotopic (exact) mass is 306 g/mol. The molecule has 2 heterocycles. The third-order valence-electron chi connectivity index (χ3n) is 4.33. The first-order valence-corrected chi connectivity index (χ1v) is 8.42. The first kappa shape index (κ1) is 15.5. The van der Waals surface area contributed by atoms with E-state index in [0.29, 0.717) is 25.0 Å². The lowest BCUT2D eigenvalue weighted by Crippen LogP contribution is -2.44. The summed E-state index contributed by atoms with van der Waals surface area (Å²) >= 11 is 0. The van der Waals surface area contributed by atoms with E-state index in [1.54, 1.807) is 0 Å². The number of carbonyl (C=O) groups excluding carboxylic acids is 1. The highest BCUT2D eigenvalue weighted by atomic mass is 16.5.